The summed E-state index contributed by atoms with van der Waals surface area (Å²) < 4.78 is 59.4. The molecule has 1 atom stereocenters. The number of methoxy groups -OCH3 is 1. The van der Waals surface area contributed by atoms with E-state index in [1.54, 1.807) is 43.3 Å². The van der Waals surface area contributed by atoms with E-state index in [2.05, 4.69) is 20.7 Å². The minimum atomic E-state index is -3.60. The molecular weight excluding hydrogens is 917 g/mol. The first kappa shape index (κ1) is 52.4. The third kappa shape index (κ3) is 14.4. The second-order valence-corrected chi connectivity index (χ2v) is 18.5. The second kappa shape index (κ2) is 23.5. The molecule has 18 nitrogen and oxygen atoms in total. The summed E-state index contributed by atoms with van der Waals surface area (Å²) in [5, 5.41) is 23.0. The maximum absolute atomic E-state index is 12.3. The van der Waals surface area contributed by atoms with Crippen molar-refractivity contribution in [1.82, 2.24) is 8.61 Å². The zero-order valence-corrected chi connectivity index (χ0v) is 38.4. The number of sulfonamides is 2. The van der Waals surface area contributed by atoms with E-state index < -0.39 is 47.7 Å². The Kier molecular flexibility index (Phi) is 19.8. The van der Waals surface area contributed by atoms with Crippen LogP contribution in [0, 0.1) is 20.2 Å². The van der Waals surface area contributed by atoms with Crippen molar-refractivity contribution in [2.75, 3.05) is 41.9 Å². The molecule has 0 aromatic heterocycles. The number of ether oxygens (including phenoxy) is 2. The van der Waals surface area contributed by atoms with Crippen molar-refractivity contribution in [2.45, 2.75) is 54.7 Å². The van der Waals surface area contributed by atoms with Crippen molar-refractivity contribution >= 4 is 70.9 Å². The summed E-state index contributed by atoms with van der Waals surface area (Å²) in [6, 6.07) is 20.4. The number of carbonyl (C=O) groups excluding carboxylic acids is 4. The van der Waals surface area contributed by atoms with Gasteiger partial charge in [-0.15, -0.1) is 0 Å². The molecule has 0 heterocycles. The fraction of sp³-hybridized carbons (Fsp3) is 0.317. The number of hydrogen-bond acceptors (Lipinski definition) is 14. The van der Waals surface area contributed by atoms with Crippen LogP contribution in [0.5, 0.6) is 0 Å². The number of esters is 2. The van der Waals surface area contributed by atoms with Crippen LogP contribution in [0.1, 0.15) is 69.7 Å². The van der Waals surface area contributed by atoms with Crippen molar-refractivity contribution in [2.24, 2.45) is 0 Å². The van der Waals surface area contributed by atoms with Gasteiger partial charge in [0.05, 0.1) is 50.4 Å². The number of alkyl halides is 1. The van der Waals surface area contributed by atoms with Crippen LogP contribution in [0.15, 0.2) is 94.7 Å². The van der Waals surface area contributed by atoms with Gasteiger partial charge in [0.25, 0.3) is 11.4 Å². The van der Waals surface area contributed by atoms with E-state index in [9.17, 15) is 56.2 Å². The zero-order valence-electron chi connectivity index (χ0n) is 35.2. The topological polar surface area (TPSA) is 248 Å². The first-order valence-corrected chi connectivity index (χ1v) is 22.3. The molecule has 1 unspecified atom stereocenters. The van der Waals surface area contributed by atoms with E-state index >= 15 is 0 Å². The Morgan fingerprint density at radius 2 is 1.15 bits per heavy atom. The number of carbonyl (C=O) groups is 4. The van der Waals surface area contributed by atoms with Gasteiger partial charge in [0.1, 0.15) is 11.6 Å². The third-order valence-electron chi connectivity index (χ3n) is 8.74. The van der Waals surface area contributed by atoms with Crippen molar-refractivity contribution in [3.05, 3.63) is 139 Å². The summed E-state index contributed by atoms with van der Waals surface area (Å²) in [6.45, 7) is 4.53. The number of nitro benzene ring substituents is 2. The average molecular weight is 964 g/mol. The fourth-order valence-corrected chi connectivity index (χ4v) is 7.61. The summed E-state index contributed by atoms with van der Waals surface area (Å²) in [5.74, 6) is -2.67. The molecule has 4 rings (SSSR count). The summed E-state index contributed by atoms with van der Waals surface area (Å²) in [5.41, 5.74) is 1.84. The largest absolute Gasteiger partial charge is 0.465 e. The van der Waals surface area contributed by atoms with Crippen molar-refractivity contribution in [1.29, 1.82) is 0 Å². The Balaban J connectivity index is 0.000000351. The van der Waals surface area contributed by atoms with E-state index in [0.29, 0.717) is 10.5 Å². The van der Waals surface area contributed by atoms with Gasteiger partial charge >= 0.3 is 11.9 Å². The fourth-order valence-electron chi connectivity index (χ4n) is 5.44. The molecule has 0 N–H and O–H groups in total. The number of rotatable bonds is 16. The number of halogens is 1. The predicted molar refractivity (Wildman–Crippen MR) is 232 cm³/mol. The van der Waals surface area contributed by atoms with E-state index in [1.165, 1.54) is 102 Å². The van der Waals surface area contributed by atoms with Crippen LogP contribution in [0.4, 0.5) is 11.4 Å². The Labute approximate surface area is 368 Å². The standard InChI is InChI=1S/C20H22N2O7S.C12H13NO5.C9H12BrNO2S/c1-13(23)17(11-14-5-8-16(9-6-14)30(27,28)21(2)3)18-12-15(20(24)29-4)7-10-19(18)22(25)26;1-3-18-12(15)9-4-5-11(13(16)17)10(7-9)6-8(2)14;1-11(2)14(12,13)9-5-3-8(7-10)4-6-9/h5-10,12,17H,11H2,1-4H3;4-5,7H,3,6H2,1-2H3;3-6H,7H2,1-2H3. The predicted octanol–water partition coefficient (Wildman–Crippen LogP) is 6.28. The SMILES string of the molecule is CCOC(=O)c1ccc([N+](=O)[O-])c(CC(C)=O)c1.CN(C)S(=O)(=O)c1ccc(CBr)cc1.COC(=O)c1ccc([N+](=O)[O-])c(C(Cc2ccc(S(=O)(=O)N(C)C)cc2)C(C)=O)c1. The Morgan fingerprint density at radius 3 is 1.53 bits per heavy atom. The molecular formula is C41H47BrN4O14S2. The van der Waals surface area contributed by atoms with Crippen LogP contribution in [0.2, 0.25) is 0 Å². The monoisotopic (exact) mass is 962 g/mol. The van der Waals surface area contributed by atoms with Gasteiger partial charge in [0.2, 0.25) is 20.0 Å². The number of ketones is 2. The molecule has 62 heavy (non-hydrogen) atoms. The normalized spacial score (nSPS) is 11.6. The maximum atomic E-state index is 12.3. The minimum absolute atomic E-state index is 0.0798. The third-order valence-corrected chi connectivity index (χ3v) is 13.0. The van der Waals surface area contributed by atoms with Crippen LogP contribution >= 0.6 is 15.9 Å². The van der Waals surface area contributed by atoms with Gasteiger partial charge in [0.15, 0.2) is 0 Å². The first-order chi connectivity index (χ1) is 28.9. The first-order valence-electron chi connectivity index (χ1n) is 18.3. The molecule has 0 spiro atoms. The Hall–Kier alpha value is -5.74. The van der Waals surface area contributed by atoms with Gasteiger partial charge in [-0.2, -0.15) is 0 Å². The van der Waals surface area contributed by atoms with Crippen molar-refractivity contribution in [3.8, 4) is 0 Å². The Bertz CT molecular complexity index is 2490. The Morgan fingerprint density at radius 1 is 0.694 bits per heavy atom. The lowest BCUT2D eigenvalue weighted by Crippen LogP contribution is -2.22. The van der Waals surface area contributed by atoms with Crippen LogP contribution in [-0.4, -0.2) is 101 Å². The lowest BCUT2D eigenvalue weighted by molar-refractivity contribution is -0.385. The maximum Gasteiger partial charge on any atom is 0.338 e. The molecule has 0 aliphatic carbocycles. The molecule has 4 aromatic carbocycles. The molecule has 334 valence electrons. The van der Waals surface area contributed by atoms with E-state index in [4.69, 9.17) is 4.74 Å². The zero-order chi connectivity index (χ0) is 47.1. The summed E-state index contributed by atoms with van der Waals surface area (Å²) in [4.78, 5) is 68.2. The number of nitrogens with zero attached hydrogens (tertiary/aromatic N) is 4. The molecule has 21 heteroatoms. The van der Waals surface area contributed by atoms with E-state index in [0.717, 1.165) is 15.2 Å². The van der Waals surface area contributed by atoms with Gasteiger partial charge in [0, 0.05) is 63.2 Å². The van der Waals surface area contributed by atoms with Crippen molar-refractivity contribution in [3.63, 3.8) is 0 Å². The lowest BCUT2D eigenvalue weighted by atomic mass is 9.87. The molecule has 0 saturated carbocycles. The molecule has 0 bridgehead atoms. The average Bonchev–Trinajstić information content (AvgIpc) is 3.22. The quantitative estimate of drug-likeness (QED) is 0.0519. The van der Waals surface area contributed by atoms with Gasteiger partial charge in [-0.3, -0.25) is 29.8 Å². The van der Waals surface area contributed by atoms with Gasteiger partial charge < -0.3 is 9.47 Å². The molecule has 0 aliphatic rings. The van der Waals surface area contributed by atoms with Gasteiger partial charge in [-0.05, 0) is 86.8 Å². The molecule has 0 saturated heterocycles. The van der Waals surface area contributed by atoms with Crippen LogP contribution in [0.25, 0.3) is 0 Å². The van der Waals surface area contributed by atoms with Crippen LogP contribution < -0.4 is 0 Å². The van der Waals surface area contributed by atoms with Crippen molar-refractivity contribution < 1.29 is 55.3 Å². The highest BCUT2D eigenvalue weighted by atomic mass is 79.9. The number of Topliss-reactive ketones (excluding diaryl/α,β-unsaturated/α-hetero) is 2. The minimum Gasteiger partial charge on any atom is -0.465 e. The highest BCUT2D eigenvalue weighted by molar-refractivity contribution is 9.08. The highest BCUT2D eigenvalue weighted by Crippen LogP contribution is 2.32. The number of nitro groups is 2. The van der Waals surface area contributed by atoms with Gasteiger partial charge in [-0.25, -0.2) is 35.0 Å². The highest BCUT2D eigenvalue weighted by Gasteiger charge is 2.28. The summed E-state index contributed by atoms with van der Waals surface area (Å²) in [6.07, 6.45) is 0.0205. The van der Waals surface area contributed by atoms with E-state index in [1.807, 2.05) is 0 Å². The number of benzene rings is 4. The number of hydrogen-bond donors (Lipinski definition) is 0. The smallest absolute Gasteiger partial charge is 0.338 e. The summed E-state index contributed by atoms with van der Waals surface area (Å²) in [7, 11) is 0.186. The second-order valence-electron chi connectivity index (χ2n) is 13.6. The molecule has 0 fully saturated rings. The van der Waals surface area contributed by atoms with Gasteiger partial charge in [-0.1, -0.05) is 40.2 Å². The van der Waals surface area contributed by atoms with Crippen LogP contribution in [0.3, 0.4) is 0 Å². The summed E-state index contributed by atoms with van der Waals surface area (Å²) >= 11 is 3.30. The molecule has 0 radical (unpaired) electrons. The molecule has 0 amide bonds. The van der Waals surface area contributed by atoms with E-state index in [-0.39, 0.29) is 69.5 Å². The lowest BCUT2D eigenvalue weighted by Gasteiger charge is -2.16. The van der Waals surface area contributed by atoms with Crippen LogP contribution in [-0.2, 0) is 57.3 Å². The molecule has 4 aromatic rings. The molecule has 0 aliphatic heterocycles.